The number of imidazole rings is 1. The molecule has 1 unspecified atom stereocenters. The molecular formula is C19H22N2O5. The summed E-state index contributed by atoms with van der Waals surface area (Å²) < 4.78 is 17.3. The van der Waals surface area contributed by atoms with Crippen LogP contribution in [0.1, 0.15) is 41.9 Å². The van der Waals surface area contributed by atoms with E-state index in [0.717, 1.165) is 5.56 Å². The highest BCUT2D eigenvalue weighted by Gasteiger charge is 2.48. The van der Waals surface area contributed by atoms with Crippen molar-refractivity contribution < 1.29 is 23.8 Å². The molecule has 7 nitrogen and oxygen atoms in total. The second-order valence-corrected chi connectivity index (χ2v) is 6.41. The van der Waals surface area contributed by atoms with E-state index in [4.69, 9.17) is 9.47 Å². The predicted molar refractivity (Wildman–Crippen MR) is 92.7 cm³/mol. The lowest BCUT2D eigenvalue weighted by Crippen LogP contribution is -2.28. The van der Waals surface area contributed by atoms with Crippen molar-refractivity contribution >= 4 is 11.9 Å². The number of nitrogens with zero attached hydrogens (tertiary/aromatic N) is 2. The smallest absolute Gasteiger partial charge is 0.357 e. The van der Waals surface area contributed by atoms with Gasteiger partial charge in [-0.15, -0.1) is 0 Å². The molecule has 1 heterocycles. The summed E-state index contributed by atoms with van der Waals surface area (Å²) in [7, 11) is 1.30. The maximum absolute atomic E-state index is 12.6. The zero-order chi connectivity index (χ0) is 18.6. The zero-order valence-electron chi connectivity index (χ0n) is 14.9. The minimum Gasteiger partial charge on any atom is -0.467 e. The second kappa shape index (κ2) is 7.70. The van der Waals surface area contributed by atoms with Crippen molar-refractivity contribution in [1.29, 1.82) is 0 Å². The summed E-state index contributed by atoms with van der Waals surface area (Å²) in [6, 6.07) is 9.82. The molecule has 0 radical (unpaired) electrons. The number of aromatic nitrogens is 2. The van der Waals surface area contributed by atoms with Gasteiger partial charge in [-0.1, -0.05) is 30.3 Å². The number of benzene rings is 1. The predicted octanol–water partition coefficient (Wildman–Crippen LogP) is 2.37. The molecule has 1 saturated carbocycles. The number of carbonyl (C=O) groups is 2. The van der Waals surface area contributed by atoms with Crippen molar-refractivity contribution in [3.8, 4) is 0 Å². The van der Waals surface area contributed by atoms with Gasteiger partial charge in [-0.05, 0) is 25.3 Å². The summed E-state index contributed by atoms with van der Waals surface area (Å²) >= 11 is 0. The van der Waals surface area contributed by atoms with Crippen LogP contribution in [0.15, 0.2) is 42.9 Å². The maximum atomic E-state index is 12.6. The summed E-state index contributed by atoms with van der Waals surface area (Å²) in [5.74, 6) is -0.897. The Morgan fingerprint density at radius 1 is 1.27 bits per heavy atom. The molecule has 0 amide bonds. The lowest BCUT2D eigenvalue weighted by atomic mass is 10.1. The van der Waals surface area contributed by atoms with Gasteiger partial charge < -0.3 is 18.8 Å². The molecule has 1 atom stereocenters. The van der Waals surface area contributed by atoms with E-state index in [1.54, 1.807) is 10.9 Å². The average Bonchev–Trinajstić information content (AvgIpc) is 3.23. The van der Waals surface area contributed by atoms with Gasteiger partial charge in [0, 0.05) is 0 Å². The third-order valence-corrected chi connectivity index (χ3v) is 4.50. The molecule has 138 valence electrons. The minimum absolute atomic E-state index is 0.0491. The van der Waals surface area contributed by atoms with Gasteiger partial charge in [0.05, 0.1) is 32.3 Å². The third-order valence-electron chi connectivity index (χ3n) is 4.50. The molecular weight excluding hydrogens is 336 g/mol. The SMILES string of the molecule is COC(=O)COCC1(OC(=O)c2cncn2C(C)c2ccccc2)CC1. The van der Waals surface area contributed by atoms with Crippen molar-refractivity contribution in [2.24, 2.45) is 0 Å². The van der Waals surface area contributed by atoms with Crippen molar-refractivity contribution in [2.45, 2.75) is 31.4 Å². The molecule has 0 N–H and O–H groups in total. The first-order chi connectivity index (χ1) is 12.5. The molecule has 3 rings (SSSR count). The minimum atomic E-state index is -0.657. The number of carbonyl (C=O) groups excluding carboxylic acids is 2. The van der Waals surface area contributed by atoms with E-state index in [9.17, 15) is 9.59 Å². The van der Waals surface area contributed by atoms with Crippen molar-refractivity contribution in [2.75, 3.05) is 20.3 Å². The van der Waals surface area contributed by atoms with Gasteiger partial charge in [-0.2, -0.15) is 0 Å². The number of rotatable bonds is 8. The normalized spacial score (nSPS) is 15.9. The van der Waals surface area contributed by atoms with Gasteiger partial charge >= 0.3 is 11.9 Å². The van der Waals surface area contributed by atoms with Crippen LogP contribution in [0.2, 0.25) is 0 Å². The standard InChI is InChI=1S/C19H22N2O5/c1-14(15-6-4-3-5-7-15)21-13-20-10-16(21)18(23)26-19(8-9-19)12-25-11-17(22)24-2/h3-7,10,13-14H,8-9,11-12H2,1-2H3. The van der Waals surface area contributed by atoms with Crippen LogP contribution in [0.4, 0.5) is 0 Å². The Morgan fingerprint density at radius 3 is 2.65 bits per heavy atom. The molecule has 1 aromatic heterocycles. The zero-order valence-corrected chi connectivity index (χ0v) is 14.9. The largest absolute Gasteiger partial charge is 0.467 e. The Morgan fingerprint density at radius 2 is 2.00 bits per heavy atom. The fraction of sp³-hybridized carbons (Fsp3) is 0.421. The van der Waals surface area contributed by atoms with Gasteiger partial charge in [0.25, 0.3) is 0 Å². The van der Waals surface area contributed by atoms with Crippen LogP contribution in [0.3, 0.4) is 0 Å². The first kappa shape index (κ1) is 18.1. The fourth-order valence-electron chi connectivity index (χ4n) is 2.71. The molecule has 1 aromatic carbocycles. The quantitative estimate of drug-likeness (QED) is 0.674. The first-order valence-electron chi connectivity index (χ1n) is 8.49. The number of hydrogen-bond donors (Lipinski definition) is 0. The lowest BCUT2D eigenvalue weighted by molar-refractivity contribution is -0.147. The molecule has 0 spiro atoms. The Bertz CT molecular complexity index is 767. The number of ether oxygens (including phenoxy) is 3. The highest BCUT2D eigenvalue weighted by molar-refractivity contribution is 5.88. The Labute approximate surface area is 151 Å². The maximum Gasteiger partial charge on any atom is 0.357 e. The Kier molecular flexibility index (Phi) is 5.37. The molecule has 1 fully saturated rings. The van der Waals surface area contributed by atoms with Gasteiger partial charge in [-0.3, -0.25) is 0 Å². The van der Waals surface area contributed by atoms with Crippen LogP contribution in [0.25, 0.3) is 0 Å². The molecule has 7 heteroatoms. The Balaban J connectivity index is 1.64. The molecule has 1 aliphatic carbocycles. The molecule has 26 heavy (non-hydrogen) atoms. The Hall–Kier alpha value is -2.67. The van der Waals surface area contributed by atoms with E-state index in [-0.39, 0.29) is 19.3 Å². The summed E-state index contributed by atoms with van der Waals surface area (Å²) in [6.45, 7) is 2.02. The molecule has 0 saturated heterocycles. The van der Waals surface area contributed by atoms with Crippen molar-refractivity contribution in [1.82, 2.24) is 9.55 Å². The molecule has 0 aliphatic heterocycles. The highest BCUT2D eigenvalue weighted by Crippen LogP contribution is 2.40. The average molecular weight is 358 g/mol. The van der Waals surface area contributed by atoms with E-state index < -0.39 is 17.5 Å². The van der Waals surface area contributed by atoms with E-state index in [2.05, 4.69) is 9.72 Å². The first-order valence-corrected chi connectivity index (χ1v) is 8.49. The fourth-order valence-corrected chi connectivity index (χ4v) is 2.71. The van der Waals surface area contributed by atoms with Gasteiger partial charge in [0.15, 0.2) is 0 Å². The molecule has 1 aliphatic rings. The monoisotopic (exact) mass is 358 g/mol. The van der Waals surface area contributed by atoms with E-state index in [0.29, 0.717) is 18.5 Å². The van der Waals surface area contributed by atoms with Crippen molar-refractivity contribution in [3.63, 3.8) is 0 Å². The number of esters is 2. The topological polar surface area (TPSA) is 79.7 Å². The molecule has 0 bridgehead atoms. The summed E-state index contributed by atoms with van der Waals surface area (Å²) in [5, 5.41) is 0. The summed E-state index contributed by atoms with van der Waals surface area (Å²) in [5.41, 5.74) is 0.804. The van der Waals surface area contributed by atoms with Crippen LogP contribution in [-0.4, -0.2) is 47.4 Å². The second-order valence-electron chi connectivity index (χ2n) is 6.41. The van der Waals surface area contributed by atoms with Gasteiger partial charge in [0.2, 0.25) is 0 Å². The lowest BCUT2D eigenvalue weighted by Gasteiger charge is -2.19. The van der Waals surface area contributed by atoms with Crippen LogP contribution in [0, 0.1) is 0 Å². The summed E-state index contributed by atoms with van der Waals surface area (Å²) in [6.07, 6.45) is 4.55. The van der Waals surface area contributed by atoms with Crippen LogP contribution in [-0.2, 0) is 19.0 Å². The van der Waals surface area contributed by atoms with Crippen LogP contribution < -0.4 is 0 Å². The van der Waals surface area contributed by atoms with E-state index >= 15 is 0 Å². The third kappa shape index (κ3) is 4.11. The van der Waals surface area contributed by atoms with E-state index in [1.165, 1.54) is 13.3 Å². The van der Waals surface area contributed by atoms with Gasteiger partial charge in [-0.25, -0.2) is 14.6 Å². The van der Waals surface area contributed by atoms with Crippen LogP contribution >= 0.6 is 0 Å². The van der Waals surface area contributed by atoms with Crippen LogP contribution in [0.5, 0.6) is 0 Å². The van der Waals surface area contributed by atoms with E-state index in [1.807, 2.05) is 37.3 Å². The number of hydrogen-bond acceptors (Lipinski definition) is 6. The van der Waals surface area contributed by atoms with Gasteiger partial charge in [0.1, 0.15) is 17.9 Å². The van der Waals surface area contributed by atoms with Crippen molar-refractivity contribution in [3.05, 3.63) is 54.1 Å². The molecule has 2 aromatic rings. The highest BCUT2D eigenvalue weighted by atomic mass is 16.6. The number of methoxy groups -OCH3 is 1. The summed E-state index contributed by atoms with van der Waals surface area (Å²) in [4.78, 5) is 27.9.